The minimum atomic E-state index is -0.729. The first-order valence-electron chi connectivity index (χ1n) is 12.0. The molecular formula is C26H42O4. The largest absolute Gasteiger partial charge is 0.393 e. The third-order valence-electron chi connectivity index (χ3n) is 8.04. The van der Waals surface area contributed by atoms with E-state index in [9.17, 15) is 15.3 Å². The van der Waals surface area contributed by atoms with Crippen LogP contribution in [0.4, 0.5) is 0 Å². The van der Waals surface area contributed by atoms with Gasteiger partial charge in [-0.25, -0.2) is 0 Å². The van der Waals surface area contributed by atoms with Gasteiger partial charge in [0.05, 0.1) is 30.5 Å². The lowest BCUT2D eigenvalue weighted by Crippen LogP contribution is -2.38. The second-order valence-electron chi connectivity index (χ2n) is 10.1. The van der Waals surface area contributed by atoms with Gasteiger partial charge in [-0.2, -0.15) is 0 Å². The van der Waals surface area contributed by atoms with Crippen LogP contribution in [-0.4, -0.2) is 45.8 Å². The van der Waals surface area contributed by atoms with E-state index in [4.69, 9.17) is 4.74 Å². The molecule has 0 saturated heterocycles. The van der Waals surface area contributed by atoms with Crippen molar-refractivity contribution >= 4 is 0 Å². The average molecular weight is 419 g/mol. The Balaban J connectivity index is 1.70. The molecule has 3 N–H and O–H groups in total. The van der Waals surface area contributed by atoms with Gasteiger partial charge in [-0.1, -0.05) is 50.1 Å². The van der Waals surface area contributed by atoms with Gasteiger partial charge < -0.3 is 20.1 Å². The molecule has 0 spiro atoms. The van der Waals surface area contributed by atoms with Crippen LogP contribution in [0.5, 0.6) is 0 Å². The highest BCUT2D eigenvalue weighted by atomic mass is 16.5. The van der Waals surface area contributed by atoms with Crippen molar-refractivity contribution in [3.05, 3.63) is 34.9 Å². The minimum Gasteiger partial charge on any atom is -0.393 e. The number of fused-ring (bicyclic) bond motifs is 1. The molecule has 0 aromatic heterocycles. The lowest BCUT2D eigenvalue weighted by molar-refractivity contribution is -0.0687. The van der Waals surface area contributed by atoms with Crippen molar-refractivity contribution in [3.63, 3.8) is 0 Å². The van der Waals surface area contributed by atoms with Crippen molar-refractivity contribution in [3.8, 4) is 0 Å². The van der Waals surface area contributed by atoms with Crippen molar-refractivity contribution in [2.24, 2.45) is 11.3 Å². The van der Waals surface area contributed by atoms with E-state index in [1.807, 2.05) is 13.8 Å². The van der Waals surface area contributed by atoms with E-state index in [-0.39, 0.29) is 11.5 Å². The number of allylic oxidation sites excluding steroid dienone is 4. The Morgan fingerprint density at radius 2 is 1.87 bits per heavy atom. The highest BCUT2D eigenvalue weighted by Crippen LogP contribution is 2.55. The van der Waals surface area contributed by atoms with Gasteiger partial charge in [-0.3, -0.25) is 0 Å². The number of aliphatic hydroxyl groups excluding tert-OH is 2. The molecule has 0 heterocycles. The fourth-order valence-electron chi connectivity index (χ4n) is 5.84. The van der Waals surface area contributed by atoms with Crippen LogP contribution in [0.3, 0.4) is 0 Å². The van der Waals surface area contributed by atoms with Crippen LogP contribution in [0.25, 0.3) is 0 Å². The molecule has 170 valence electrons. The number of aliphatic hydroxyl groups is 3. The molecular weight excluding hydrogens is 376 g/mol. The van der Waals surface area contributed by atoms with Crippen molar-refractivity contribution in [2.75, 3.05) is 6.61 Å². The van der Waals surface area contributed by atoms with E-state index in [1.165, 1.54) is 24.0 Å². The maximum Gasteiger partial charge on any atom is 0.0875 e. The normalized spacial score (nSPS) is 34.6. The summed E-state index contributed by atoms with van der Waals surface area (Å²) in [5.41, 5.74) is 3.42. The van der Waals surface area contributed by atoms with Crippen LogP contribution >= 0.6 is 0 Å². The van der Waals surface area contributed by atoms with Gasteiger partial charge in [0.15, 0.2) is 0 Å². The van der Waals surface area contributed by atoms with Gasteiger partial charge in [0.25, 0.3) is 0 Å². The zero-order valence-electron chi connectivity index (χ0n) is 19.4. The molecule has 3 rings (SSSR count). The van der Waals surface area contributed by atoms with E-state index in [2.05, 4.69) is 32.1 Å². The lowest BCUT2D eigenvalue weighted by atomic mass is 9.63. The Hall–Kier alpha value is -0.940. The van der Waals surface area contributed by atoms with Gasteiger partial charge in [0.1, 0.15) is 0 Å². The Morgan fingerprint density at radius 3 is 2.50 bits per heavy atom. The summed E-state index contributed by atoms with van der Waals surface area (Å²) in [5, 5.41) is 30.5. The van der Waals surface area contributed by atoms with Gasteiger partial charge in [-0.15, -0.1) is 0 Å². The number of rotatable bonds is 7. The zero-order valence-corrected chi connectivity index (χ0v) is 19.4. The van der Waals surface area contributed by atoms with Crippen LogP contribution in [0.15, 0.2) is 34.9 Å². The summed E-state index contributed by atoms with van der Waals surface area (Å²) in [6, 6.07) is 0. The number of hydrogen-bond donors (Lipinski definition) is 3. The van der Waals surface area contributed by atoms with E-state index < -0.39 is 17.8 Å². The Kier molecular flexibility index (Phi) is 7.66. The fourth-order valence-corrected chi connectivity index (χ4v) is 5.84. The quantitative estimate of drug-likeness (QED) is 0.518. The standard InChI is InChI=1S/C26H42O4/c1-5-26(29,6-2)17-30-18(3)23-11-12-24-20(8-7-13-25(23,24)4)10-9-19-14-21(27)16-22(28)15-19/h9-11,18,21-22,24,27-29H,5-8,12-17H2,1-4H3/b20-10+/t18?,21-,22-,24?,25?/m1/s1. The van der Waals surface area contributed by atoms with E-state index in [0.717, 1.165) is 18.4 Å². The SMILES string of the molecule is CCC(O)(CC)COC(C)C1=CCC2/C(=C/C=C3C[C@@H](O)C[C@H](O)C3)CCCC12C. The molecule has 0 aromatic rings. The summed E-state index contributed by atoms with van der Waals surface area (Å²) >= 11 is 0. The molecule has 3 aliphatic carbocycles. The Morgan fingerprint density at radius 1 is 1.20 bits per heavy atom. The van der Waals surface area contributed by atoms with Crippen LogP contribution < -0.4 is 0 Å². The summed E-state index contributed by atoms with van der Waals surface area (Å²) in [5.74, 6) is 0.499. The molecule has 5 atom stereocenters. The van der Waals surface area contributed by atoms with E-state index in [1.54, 1.807) is 0 Å². The summed E-state index contributed by atoms with van der Waals surface area (Å²) in [7, 11) is 0. The van der Waals surface area contributed by atoms with Crippen molar-refractivity contribution < 1.29 is 20.1 Å². The molecule has 4 nitrogen and oxygen atoms in total. The van der Waals surface area contributed by atoms with Gasteiger partial charge in [0.2, 0.25) is 0 Å². The maximum absolute atomic E-state index is 10.6. The average Bonchev–Trinajstić information content (AvgIpc) is 3.07. The van der Waals surface area contributed by atoms with Crippen molar-refractivity contribution in [1.29, 1.82) is 0 Å². The third kappa shape index (κ3) is 5.09. The summed E-state index contributed by atoms with van der Waals surface area (Å²) in [6.45, 7) is 8.94. The minimum absolute atomic E-state index is 0.0194. The topological polar surface area (TPSA) is 69.9 Å². The number of hydrogen-bond acceptors (Lipinski definition) is 4. The Bertz CT molecular complexity index is 675. The predicted molar refractivity (Wildman–Crippen MR) is 121 cm³/mol. The molecule has 0 radical (unpaired) electrons. The highest BCUT2D eigenvalue weighted by molar-refractivity contribution is 5.35. The van der Waals surface area contributed by atoms with Gasteiger partial charge in [0, 0.05) is 0 Å². The van der Waals surface area contributed by atoms with Crippen molar-refractivity contribution in [1.82, 2.24) is 0 Å². The Labute approximate surface area is 182 Å². The molecule has 3 unspecified atom stereocenters. The number of ether oxygens (including phenoxy) is 1. The van der Waals surface area contributed by atoms with Crippen LogP contribution in [0.1, 0.15) is 85.5 Å². The first kappa shape index (κ1) is 23.7. The molecule has 2 saturated carbocycles. The second-order valence-corrected chi connectivity index (χ2v) is 10.1. The van der Waals surface area contributed by atoms with Crippen LogP contribution in [0.2, 0.25) is 0 Å². The molecule has 0 aliphatic heterocycles. The van der Waals surface area contributed by atoms with Crippen molar-refractivity contribution in [2.45, 2.75) is 109 Å². The van der Waals surface area contributed by atoms with Gasteiger partial charge in [-0.05, 0) is 81.6 Å². The molecule has 2 fully saturated rings. The lowest BCUT2D eigenvalue weighted by Gasteiger charge is -2.42. The molecule has 0 aromatic carbocycles. The molecule has 0 amide bonds. The summed E-state index contributed by atoms with van der Waals surface area (Å²) in [6.07, 6.45) is 13.8. The van der Waals surface area contributed by atoms with Crippen LogP contribution in [0, 0.1) is 11.3 Å². The van der Waals surface area contributed by atoms with E-state index >= 15 is 0 Å². The maximum atomic E-state index is 10.6. The first-order chi connectivity index (χ1) is 14.2. The molecule has 4 heteroatoms. The third-order valence-corrected chi connectivity index (χ3v) is 8.04. The van der Waals surface area contributed by atoms with Crippen LogP contribution in [-0.2, 0) is 4.74 Å². The van der Waals surface area contributed by atoms with Gasteiger partial charge >= 0.3 is 0 Å². The second kappa shape index (κ2) is 9.68. The molecule has 30 heavy (non-hydrogen) atoms. The molecule has 3 aliphatic rings. The highest BCUT2D eigenvalue weighted by Gasteiger charge is 2.46. The molecule has 0 bridgehead atoms. The zero-order chi connectivity index (χ0) is 21.9. The monoisotopic (exact) mass is 418 g/mol. The summed E-state index contributed by atoms with van der Waals surface area (Å²) < 4.78 is 6.20. The predicted octanol–water partition coefficient (Wildman–Crippen LogP) is 4.84. The smallest absolute Gasteiger partial charge is 0.0875 e. The van der Waals surface area contributed by atoms with E-state index in [0.29, 0.717) is 44.6 Å². The fraction of sp³-hybridized carbons (Fsp3) is 0.769. The first-order valence-corrected chi connectivity index (χ1v) is 12.0. The summed E-state index contributed by atoms with van der Waals surface area (Å²) in [4.78, 5) is 0.